The van der Waals surface area contributed by atoms with Gasteiger partial charge in [-0.2, -0.15) is 0 Å². The third-order valence-electron chi connectivity index (χ3n) is 3.03. The van der Waals surface area contributed by atoms with Crippen LogP contribution >= 0.6 is 11.8 Å². The quantitative estimate of drug-likeness (QED) is 0.698. The third kappa shape index (κ3) is 1.41. The molecule has 1 aliphatic carbocycles. The van der Waals surface area contributed by atoms with E-state index >= 15 is 0 Å². The second-order valence-corrected chi connectivity index (χ2v) is 5.08. The molecule has 0 aromatic rings. The minimum atomic E-state index is 0.0431. The number of carbonyl (C=O) groups excluding carboxylic acids is 1. The first-order chi connectivity index (χ1) is 7.75. The van der Waals surface area contributed by atoms with E-state index in [4.69, 9.17) is 5.73 Å². The van der Waals surface area contributed by atoms with E-state index < -0.39 is 0 Å². The number of hydrogen-bond donors (Lipinski definition) is 1. The molecular formula is C12H12N2OS. The number of nitrogens with zero attached hydrogens (tertiary/aromatic N) is 1. The predicted molar refractivity (Wildman–Crippen MR) is 65.4 cm³/mol. The van der Waals surface area contributed by atoms with Crippen molar-refractivity contribution in [3.05, 3.63) is 46.7 Å². The highest BCUT2D eigenvalue weighted by Crippen LogP contribution is 2.39. The number of thioether (sulfide) groups is 1. The summed E-state index contributed by atoms with van der Waals surface area (Å²) in [6, 6.07) is 0.134. The lowest BCUT2D eigenvalue weighted by atomic mass is 10.1. The maximum Gasteiger partial charge on any atom is 0.292 e. The van der Waals surface area contributed by atoms with Gasteiger partial charge in [0, 0.05) is 5.70 Å². The van der Waals surface area contributed by atoms with Crippen molar-refractivity contribution in [3.63, 3.8) is 0 Å². The minimum Gasteiger partial charge on any atom is -0.393 e. The van der Waals surface area contributed by atoms with Gasteiger partial charge in [-0.3, -0.25) is 9.69 Å². The van der Waals surface area contributed by atoms with Gasteiger partial charge in [-0.25, -0.2) is 0 Å². The van der Waals surface area contributed by atoms with Crippen molar-refractivity contribution in [2.45, 2.75) is 18.9 Å². The summed E-state index contributed by atoms with van der Waals surface area (Å²) in [5.74, 6) is 0. The van der Waals surface area contributed by atoms with Crippen LogP contribution in [0.5, 0.6) is 0 Å². The Balaban J connectivity index is 2.01. The maximum atomic E-state index is 11.9. The monoisotopic (exact) mass is 232 g/mol. The van der Waals surface area contributed by atoms with Crippen LogP contribution in [0.3, 0.4) is 0 Å². The largest absolute Gasteiger partial charge is 0.393 e. The zero-order chi connectivity index (χ0) is 11.1. The lowest BCUT2D eigenvalue weighted by Gasteiger charge is -2.28. The van der Waals surface area contributed by atoms with Gasteiger partial charge in [0.25, 0.3) is 5.24 Å². The van der Waals surface area contributed by atoms with E-state index in [9.17, 15) is 4.79 Å². The molecule has 1 unspecified atom stereocenters. The molecule has 0 fully saturated rings. The first-order valence-corrected chi connectivity index (χ1v) is 6.11. The Bertz CT molecular complexity index is 473. The van der Waals surface area contributed by atoms with Crippen molar-refractivity contribution in [1.82, 2.24) is 4.90 Å². The molecule has 0 aromatic heterocycles. The lowest BCUT2D eigenvalue weighted by Crippen LogP contribution is -2.35. The molecule has 1 atom stereocenters. The van der Waals surface area contributed by atoms with Gasteiger partial charge in [-0.05, 0) is 42.3 Å². The molecule has 0 saturated carbocycles. The third-order valence-corrected chi connectivity index (χ3v) is 3.78. The summed E-state index contributed by atoms with van der Waals surface area (Å²) in [6.07, 6.45) is 12.0. The summed E-state index contributed by atoms with van der Waals surface area (Å²) in [5, 5.41) is 0.671. The highest BCUT2D eigenvalue weighted by atomic mass is 32.2. The zero-order valence-electron chi connectivity index (χ0n) is 8.72. The molecule has 3 rings (SSSR count). The predicted octanol–water partition coefficient (Wildman–Crippen LogP) is 2.50. The second-order valence-electron chi connectivity index (χ2n) is 4.06. The lowest BCUT2D eigenvalue weighted by molar-refractivity contribution is 0.232. The topological polar surface area (TPSA) is 46.3 Å². The molecule has 16 heavy (non-hydrogen) atoms. The molecule has 3 aliphatic rings. The highest BCUT2D eigenvalue weighted by Gasteiger charge is 2.36. The molecule has 0 bridgehead atoms. The minimum absolute atomic E-state index is 0.0431. The number of carbonyl (C=O) groups is 1. The molecule has 2 aliphatic heterocycles. The van der Waals surface area contributed by atoms with E-state index in [2.05, 4.69) is 6.08 Å². The van der Waals surface area contributed by atoms with E-state index in [1.54, 1.807) is 0 Å². The smallest absolute Gasteiger partial charge is 0.292 e. The summed E-state index contributed by atoms with van der Waals surface area (Å²) in [4.78, 5) is 13.8. The van der Waals surface area contributed by atoms with E-state index in [0.717, 1.165) is 30.3 Å². The van der Waals surface area contributed by atoms with Crippen LogP contribution in [0.25, 0.3) is 0 Å². The van der Waals surface area contributed by atoms with Crippen LogP contribution < -0.4 is 5.73 Å². The molecule has 1 amide bonds. The summed E-state index contributed by atoms with van der Waals surface area (Å²) < 4.78 is 0. The van der Waals surface area contributed by atoms with Crippen LogP contribution in [-0.4, -0.2) is 16.2 Å². The fourth-order valence-electron chi connectivity index (χ4n) is 2.36. The summed E-state index contributed by atoms with van der Waals surface area (Å²) in [7, 11) is 0. The molecule has 3 nitrogen and oxygen atoms in total. The molecule has 2 N–H and O–H groups in total. The van der Waals surface area contributed by atoms with E-state index in [1.165, 1.54) is 5.57 Å². The van der Waals surface area contributed by atoms with Crippen LogP contribution in [0.4, 0.5) is 4.79 Å². The molecule has 0 spiro atoms. The Labute approximate surface area is 98.4 Å². The number of amides is 1. The van der Waals surface area contributed by atoms with Crippen molar-refractivity contribution in [3.8, 4) is 0 Å². The fraction of sp³-hybridized carbons (Fsp3) is 0.250. The number of allylic oxidation sites excluding steroid dienone is 4. The number of hydrogen-bond acceptors (Lipinski definition) is 3. The first kappa shape index (κ1) is 9.78. The van der Waals surface area contributed by atoms with Gasteiger partial charge < -0.3 is 5.73 Å². The zero-order valence-corrected chi connectivity index (χ0v) is 9.54. The summed E-state index contributed by atoms with van der Waals surface area (Å²) in [6.45, 7) is 0. The van der Waals surface area contributed by atoms with Crippen molar-refractivity contribution >= 4 is 17.0 Å². The fourth-order valence-corrected chi connectivity index (χ4v) is 3.12. The average Bonchev–Trinajstić information content (AvgIpc) is 2.42. The number of nitrogens with two attached hydrogens (primary N) is 1. The van der Waals surface area contributed by atoms with Crippen LogP contribution in [0.1, 0.15) is 12.8 Å². The number of fused-ring (bicyclic) bond motifs is 2. The van der Waals surface area contributed by atoms with E-state index in [0.29, 0.717) is 5.03 Å². The van der Waals surface area contributed by atoms with Gasteiger partial charge in [0.05, 0.1) is 11.1 Å². The van der Waals surface area contributed by atoms with Crippen molar-refractivity contribution < 1.29 is 4.79 Å². The Kier molecular flexibility index (Phi) is 2.17. The Morgan fingerprint density at radius 2 is 2.31 bits per heavy atom. The van der Waals surface area contributed by atoms with E-state index in [1.807, 2.05) is 29.2 Å². The van der Waals surface area contributed by atoms with Crippen molar-refractivity contribution in [2.24, 2.45) is 5.73 Å². The molecule has 82 valence electrons. The van der Waals surface area contributed by atoms with Gasteiger partial charge in [-0.1, -0.05) is 18.2 Å². The van der Waals surface area contributed by atoms with Crippen LogP contribution in [-0.2, 0) is 0 Å². The summed E-state index contributed by atoms with van der Waals surface area (Å²) in [5.41, 5.74) is 8.12. The Hall–Kier alpha value is -1.42. The van der Waals surface area contributed by atoms with Gasteiger partial charge in [0.15, 0.2) is 0 Å². The van der Waals surface area contributed by atoms with Gasteiger partial charge >= 0.3 is 0 Å². The van der Waals surface area contributed by atoms with Gasteiger partial charge in [0.2, 0.25) is 0 Å². The van der Waals surface area contributed by atoms with Crippen LogP contribution in [0.15, 0.2) is 46.7 Å². The average molecular weight is 232 g/mol. The van der Waals surface area contributed by atoms with Crippen LogP contribution in [0, 0.1) is 0 Å². The summed E-state index contributed by atoms with van der Waals surface area (Å²) >= 11 is 1.12. The molecule has 4 heteroatoms. The maximum absolute atomic E-state index is 11.9. The van der Waals surface area contributed by atoms with Crippen molar-refractivity contribution in [1.29, 1.82) is 0 Å². The van der Waals surface area contributed by atoms with Crippen LogP contribution in [0.2, 0.25) is 0 Å². The highest BCUT2D eigenvalue weighted by molar-refractivity contribution is 8.16. The standard InChI is InChI=1S/C12H12N2OS/c13-11-7-9-6-8-4-2-1-3-5-10(8)14(9)12(15)16-11/h1-3,5,7,9H,4,6,13H2. The van der Waals surface area contributed by atoms with E-state index in [-0.39, 0.29) is 11.3 Å². The molecule has 0 aromatic carbocycles. The van der Waals surface area contributed by atoms with Gasteiger partial charge in [0.1, 0.15) is 0 Å². The first-order valence-electron chi connectivity index (χ1n) is 5.29. The Morgan fingerprint density at radius 1 is 1.44 bits per heavy atom. The molecule has 2 heterocycles. The Morgan fingerprint density at radius 3 is 3.19 bits per heavy atom. The molecule has 0 saturated heterocycles. The van der Waals surface area contributed by atoms with Gasteiger partial charge in [-0.15, -0.1) is 0 Å². The van der Waals surface area contributed by atoms with Crippen molar-refractivity contribution in [2.75, 3.05) is 0 Å². The second kappa shape index (κ2) is 3.56. The SMILES string of the molecule is NC1=CC2CC3=C(C=CC=CC3)N2C(=O)S1. The molecular weight excluding hydrogens is 220 g/mol. The number of rotatable bonds is 0. The molecule has 0 radical (unpaired) electrons. The normalized spacial score (nSPS) is 27.8.